The molecule has 1 aromatic heterocycles. The van der Waals surface area contributed by atoms with Crippen LogP contribution in [0, 0.1) is 11.7 Å². The molecule has 1 saturated carbocycles. The van der Waals surface area contributed by atoms with E-state index in [0.29, 0.717) is 23.7 Å². The first-order valence-electron chi connectivity index (χ1n) is 9.52. The number of Topliss-reactive ketones (excluding diaryl/α,β-unsaturated/α-hetero) is 1. The number of hydrogen-bond donors (Lipinski definition) is 0. The van der Waals surface area contributed by atoms with Crippen molar-refractivity contribution in [1.82, 2.24) is 4.90 Å². The van der Waals surface area contributed by atoms with Crippen LogP contribution < -0.4 is 4.74 Å². The van der Waals surface area contributed by atoms with E-state index in [9.17, 15) is 14.0 Å². The molecule has 168 valence electrons. The first kappa shape index (κ1) is 23.5. The maximum Gasteiger partial charge on any atom is 0.308 e. The number of halogens is 1. The molecule has 0 spiro atoms. The molecule has 1 aliphatic carbocycles. The Kier molecular flexibility index (Phi) is 7.22. The fourth-order valence-corrected chi connectivity index (χ4v) is 4.61. The predicted octanol–water partition coefficient (Wildman–Crippen LogP) is 2.55. The molecule has 1 unspecified atom stereocenters. The number of esters is 1. The molecule has 2 aromatic rings. The summed E-state index contributed by atoms with van der Waals surface area (Å²) < 4.78 is 53.7. The lowest BCUT2D eigenvalue weighted by Crippen LogP contribution is -2.38. The average Bonchev–Trinajstić information content (AvgIpc) is 3.42. The molecular weight excluding hydrogens is 449 g/mol. The number of benzene rings is 1. The molecule has 0 amide bonds. The normalized spacial score (nSPS) is 17.2. The lowest BCUT2D eigenvalue weighted by molar-refractivity contribution is -0.131. The third-order valence-corrected chi connectivity index (χ3v) is 6.05. The highest BCUT2D eigenvalue weighted by molar-refractivity contribution is 7.79. The van der Waals surface area contributed by atoms with Crippen LogP contribution >= 0.6 is 11.3 Å². The van der Waals surface area contributed by atoms with Gasteiger partial charge in [0.05, 0.1) is 6.04 Å². The topological polar surface area (TPSA) is 127 Å². The van der Waals surface area contributed by atoms with Crippen LogP contribution in [0.25, 0.3) is 0 Å². The van der Waals surface area contributed by atoms with E-state index < -0.39 is 16.4 Å². The number of hydrogen-bond acceptors (Lipinski definition) is 9. The third-order valence-electron chi connectivity index (χ3n) is 4.93. The quantitative estimate of drug-likeness (QED) is 0.371. The first-order chi connectivity index (χ1) is 14.5. The molecule has 1 aromatic carbocycles. The Balaban J connectivity index is 0.000000491. The molecule has 0 radical (unpaired) electrons. The molecule has 1 atom stereocenters. The SMILES string of the molecule is CC(=O)Oc1cc2c(s1)CCN(C(C(=O)C1CC1)c1ccccc1F)C2.O=S(=O)([O-])[O-]. The van der Waals surface area contributed by atoms with Gasteiger partial charge in [0.15, 0.2) is 10.8 Å². The number of rotatable bonds is 5. The molecule has 4 rings (SSSR count). The summed E-state index contributed by atoms with van der Waals surface area (Å²) in [5.41, 5.74) is 1.52. The summed E-state index contributed by atoms with van der Waals surface area (Å²) in [5.74, 6) is -0.495. The summed E-state index contributed by atoms with van der Waals surface area (Å²) in [4.78, 5) is 27.4. The molecule has 1 aliphatic heterocycles. The van der Waals surface area contributed by atoms with Crippen molar-refractivity contribution < 1.29 is 36.2 Å². The summed E-state index contributed by atoms with van der Waals surface area (Å²) in [7, 11) is -5.17. The predicted molar refractivity (Wildman–Crippen MR) is 107 cm³/mol. The van der Waals surface area contributed by atoms with Gasteiger partial charge < -0.3 is 13.8 Å². The Morgan fingerprint density at radius 2 is 1.90 bits per heavy atom. The fraction of sp³-hybridized carbons (Fsp3) is 0.400. The number of fused-ring (bicyclic) bond motifs is 1. The second kappa shape index (κ2) is 9.53. The Morgan fingerprint density at radius 3 is 2.48 bits per heavy atom. The molecule has 0 saturated heterocycles. The van der Waals surface area contributed by atoms with Gasteiger partial charge in [-0.1, -0.05) is 18.2 Å². The first-order valence-corrected chi connectivity index (χ1v) is 11.7. The molecule has 0 N–H and O–H groups in total. The smallest absolute Gasteiger partial charge is 0.308 e. The molecular formula is C20H20FNO7S2-2. The Hall–Kier alpha value is -2.18. The Bertz CT molecular complexity index is 1070. The van der Waals surface area contributed by atoms with Gasteiger partial charge in [0.1, 0.15) is 5.82 Å². The molecule has 31 heavy (non-hydrogen) atoms. The van der Waals surface area contributed by atoms with Crippen LogP contribution in [0.5, 0.6) is 5.06 Å². The van der Waals surface area contributed by atoms with Crippen molar-refractivity contribution in [1.29, 1.82) is 0 Å². The van der Waals surface area contributed by atoms with Crippen LogP contribution in [0.15, 0.2) is 30.3 Å². The minimum absolute atomic E-state index is 0.0556. The van der Waals surface area contributed by atoms with Crippen molar-refractivity contribution >= 4 is 33.5 Å². The molecule has 2 heterocycles. The summed E-state index contributed by atoms with van der Waals surface area (Å²) in [5, 5.41) is 0.584. The number of nitrogens with zero attached hydrogens (tertiary/aromatic N) is 1. The number of ether oxygens (including phenoxy) is 1. The van der Waals surface area contributed by atoms with Crippen molar-refractivity contribution in [2.45, 2.75) is 38.8 Å². The number of ketones is 1. The lowest BCUT2D eigenvalue weighted by atomic mass is 9.95. The molecule has 0 bridgehead atoms. The standard InChI is InChI=1S/C20H20FNO3S.H2O4S/c1-12(23)25-18-10-14-11-22(9-8-17(14)26-18)19(20(24)13-6-7-13)15-4-2-3-5-16(15)21;1-5(2,3)4/h2-5,10,13,19H,6-9,11H2,1H3;(H2,1,2,3,4)/p-2. The van der Waals surface area contributed by atoms with E-state index in [1.807, 2.05) is 6.07 Å². The Morgan fingerprint density at radius 1 is 1.26 bits per heavy atom. The minimum atomic E-state index is -5.17. The van der Waals surface area contributed by atoms with E-state index in [-0.39, 0.29) is 23.5 Å². The summed E-state index contributed by atoms with van der Waals surface area (Å²) >= 11 is 1.47. The van der Waals surface area contributed by atoms with E-state index in [2.05, 4.69) is 4.90 Å². The number of carbonyl (C=O) groups is 2. The van der Waals surface area contributed by atoms with Gasteiger partial charge in [0, 0.05) is 46.8 Å². The second-order valence-electron chi connectivity index (χ2n) is 7.34. The van der Waals surface area contributed by atoms with E-state index in [4.69, 9.17) is 22.3 Å². The van der Waals surface area contributed by atoms with Gasteiger partial charge in [-0.15, -0.1) is 11.3 Å². The maximum absolute atomic E-state index is 14.4. The van der Waals surface area contributed by atoms with Crippen LogP contribution in [-0.2, 0) is 33.0 Å². The zero-order valence-electron chi connectivity index (χ0n) is 16.6. The molecule has 2 aliphatic rings. The van der Waals surface area contributed by atoms with E-state index in [1.54, 1.807) is 18.2 Å². The summed E-state index contributed by atoms with van der Waals surface area (Å²) in [6.45, 7) is 2.63. The maximum atomic E-state index is 14.4. The van der Waals surface area contributed by atoms with Gasteiger partial charge >= 0.3 is 5.97 Å². The second-order valence-corrected chi connectivity index (χ2v) is 9.25. The van der Waals surface area contributed by atoms with Crippen LogP contribution in [0.3, 0.4) is 0 Å². The van der Waals surface area contributed by atoms with Crippen LogP contribution in [0.2, 0.25) is 0 Å². The molecule has 1 fully saturated rings. The van der Waals surface area contributed by atoms with Crippen LogP contribution in [0.4, 0.5) is 4.39 Å². The number of carbonyl (C=O) groups excluding carboxylic acids is 2. The van der Waals surface area contributed by atoms with Crippen molar-refractivity contribution in [2.75, 3.05) is 6.54 Å². The van der Waals surface area contributed by atoms with Gasteiger partial charge in [-0.25, -0.2) is 4.39 Å². The highest BCUT2D eigenvalue weighted by atomic mass is 32.3. The zero-order chi connectivity index (χ0) is 22.8. The van der Waals surface area contributed by atoms with Gasteiger partial charge in [-0.3, -0.25) is 22.9 Å². The summed E-state index contributed by atoms with van der Waals surface area (Å²) in [6.07, 6.45) is 2.57. The highest BCUT2D eigenvalue weighted by Crippen LogP contribution is 2.41. The lowest BCUT2D eigenvalue weighted by Gasteiger charge is -2.34. The number of thiophene rings is 1. The van der Waals surface area contributed by atoms with Crippen molar-refractivity contribution in [3.05, 3.63) is 52.2 Å². The van der Waals surface area contributed by atoms with Crippen LogP contribution in [-0.4, -0.2) is 40.7 Å². The molecule has 8 nitrogen and oxygen atoms in total. The van der Waals surface area contributed by atoms with E-state index in [0.717, 1.165) is 24.8 Å². The Labute approximate surface area is 183 Å². The monoisotopic (exact) mass is 469 g/mol. The average molecular weight is 470 g/mol. The van der Waals surface area contributed by atoms with Crippen molar-refractivity contribution in [2.24, 2.45) is 5.92 Å². The van der Waals surface area contributed by atoms with Gasteiger partial charge in [0.2, 0.25) is 0 Å². The third kappa shape index (κ3) is 6.65. The van der Waals surface area contributed by atoms with Crippen molar-refractivity contribution in [3.8, 4) is 5.06 Å². The van der Waals surface area contributed by atoms with Gasteiger partial charge in [-0.2, -0.15) is 0 Å². The molecule has 11 heteroatoms. The highest BCUT2D eigenvalue weighted by Gasteiger charge is 2.40. The fourth-order valence-electron chi connectivity index (χ4n) is 3.56. The van der Waals surface area contributed by atoms with Gasteiger partial charge in [0.25, 0.3) is 0 Å². The largest absolute Gasteiger partial charge is 0.759 e. The minimum Gasteiger partial charge on any atom is -0.759 e. The van der Waals surface area contributed by atoms with Crippen LogP contribution in [0.1, 0.15) is 41.8 Å². The zero-order valence-corrected chi connectivity index (χ0v) is 18.2. The van der Waals surface area contributed by atoms with E-state index >= 15 is 0 Å². The van der Waals surface area contributed by atoms with Gasteiger partial charge in [-0.05, 0) is 37.0 Å². The summed E-state index contributed by atoms with van der Waals surface area (Å²) in [6, 6.07) is 7.89. The van der Waals surface area contributed by atoms with Crippen molar-refractivity contribution in [3.63, 3.8) is 0 Å². The van der Waals surface area contributed by atoms with E-state index in [1.165, 1.54) is 29.2 Å².